The van der Waals surface area contributed by atoms with Gasteiger partial charge in [0.1, 0.15) is 0 Å². The van der Waals surface area contributed by atoms with E-state index in [4.69, 9.17) is 4.74 Å². The number of ether oxygens (including phenoxy) is 1. The second kappa shape index (κ2) is 6.79. The second-order valence-electron chi connectivity index (χ2n) is 5.90. The fourth-order valence-corrected chi connectivity index (χ4v) is 2.51. The summed E-state index contributed by atoms with van der Waals surface area (Å²) in [6.07, 6.45) is 0. The Bertz CT molecular complexity index is 867. The molecule has 132 valence electrons. The van der Waals surface area contributed by atoms with Crippen LogP contribution in [0.15, 0.2) is 48.5 Å². The Hall–Kier alpha value is -3.48. The number of esters is 1. The maximum atomic E-state index is 12.4. The van der Waals surface area contributed by atoms with E-state index in [1.807, 2.05) is 0 Å². The molecule has 0 N–H and O–H groups in total. The van der Waals surface area contributed by atoms with Gasteiger partial charge in [-0.15, -0.1) is 0 Å². The van der Waals surface area contributed by atoms with Crippen molar-refractivity contribution in [1.82, 2.24) is 4.90 Å². The predicted octanol–water partition coefficient (Wildman–Crippen LogP) is 1.73. The summed E-state index contributed by atoms with van der Waals surface area (Å²) < 4.78 is 4.93. The average Bonchev–Trinajstić information content (AvgIpc) is 2.90. The molecule has 3 rings (SSSR count). The fourth-order valence-electron chi connectivity index (χ4n) is 2.51. The van der Waals surface area contributed by atoms with Crippen LogP contribution < -0.4 is 4.90 Å². The van der Waals surface area contributed by atoms with Crippen LogP contribution in [-0.4, -0.2) is 49.3 Å². The van der Waals surface area contributed by atoms with Gasteiger partial charge in [0, 0.05) is 14.1 Å². The number of amides is 3. The van der Waals surface area contributed by atoms with Crippen molar-refractivity contribution in [2.24, 2.45) is 0 Å². The van der Waals surface area contributed by atoms with Gasteiger partial charge in [0.15, 0.2) is 6.61 Å². The lowest BCUT2D eigenvalue weighted by Crippen LogP contribution is -2.29. The van der Waals surface area contributed by atoms with Crippen molar-refractivity contribution in [3.63, 3.8) is 0 Å². The van der Waals surface area contributed by atoms with Gasteiger partial charge in [-0.1, -0.05) is 12.1 Å². The van der Waals surface area contributed by atoms with Crippen molar-refractivity contribution >= 4 is 29.4 Å². The van der Waals surface area contributed by atoms with Crippen LogP contribution in [0.3, 0.4) is 0 Å². The quantitative estimate of drug-likeness (QED) is 0.618. The number of hydrogen-bond donors (Lipinski definition) is 0. The van der Waals surface area contributed by atoms with E-state index >= 15 is 0 Å². The predicted molar refractivity (Wildman–Crippen MR) is 93.0 cm³/mol. The molecule has 26 heavy (non-hydrogen) atoms. The third-order valence-corrected chi connectivity index (χ3v) is 3.98. The molecule has 0 saturated carbocycles. The smallest absolute Gasteiger partial charge is 0.338 e. The highest BCUT2D eigenvalue weighted by atomic mass is 16.5. The summed E-state index contributed by atoms with van der Waals surface area (Å²) in [5.74, 6) is -1.80. The van der Waals surface area contributed by atoms with Gasteiger partial charge >= 0.3 is 5.97 Å². The van der Waals surface area contributed by atoms with Gasteiger partial charge in [0.2, 0.25) is 0 Å². The maximum absolute atomic E-state index is 12.4. The van der Waals surface area contributed by atoms with Gasteiger partial charge in [-0.3, -0.25) is 14.4 Å². The molecule has 7 heteroatoms. The first-order valence-electron chi connectivity index (χ1n) is 7.85. The van der Waals surface area contributed by atoms with E-state index in [0.717, 1.165) is 4.90 Å². The Kier molecular flexibility index (Phi) is 4.53. The van der Waals surface area contributed by atoms with Crippen LogP contribution in [-0.2, 0) is 9.53 Å². The van der Waals surface area contributed by atoms with Crippen molar-refractivity contribution in [1.29, 1.82) is 0 Å². The monoisotopic (exact) mass is 352 g/mol. The normalized spacial score (nSPS) is 12.8. The zero-order chi connectivity index (χ0) is 18.8. The van der Waals surface area contributed by atoms with E-state index in [9.17, 15) is 19.2 Å². The molecule has 7 nitrogen and oxygen atoms in total. The molecule has 0 fully saturated rings. The van der Waals surface area contributed by atoms with Gasteiger partial charge in [-0.2, -0.15) is 0 Å². The van der Waals surface area contributed by atoms with Crippen LogP contribution in [0.4, 0.5) is 5.69 Å². The molecule has 0 radical (unpaired) electrons. The molecular weight excluding hydrogens is 336 g/mol. The second-order valence-corrected chi connectivity index (χ2v) is 5.90. The van der Waals surface area contributed by atoms with Crippen molar-refractivity contribution in [2.45, 2.75) is 0 Å². The molecule has 2 aromatic rings. The minimum absolute atomic E-state index is 0.219. The topological polar surface area (TPSA) is 84.0 Å². The van der Waals surface area contributed by atoms with Crippen LogP contribution in [0.5, 0.6) is 0 Å². The summed E-state index contributed by atoms with van der Waals surface area (Å²) in [5.41, 5.74) is 1.28. The first-order valence-corrected chi connectivity index (χ1v) is 7.85. The van der Waals surface area contributed by atoms with E-state index < -0.39 is 17.8 Å². The van der Waals surface area contributed by atoms with Crippen molar-refractivity contribution in [3.05, 3.63) is 65.2 Å². The molecule has 0 unspecified atom stereocenters. The maximum Gasteiger partial charge on any atom is 0.338 e. The molecule has 1 aliphatic heterocycles. The first-order chi connectivity index (χ1) is 12.4. The molecule has 0 aliphatic carbocycles. The Morgan fingerprint density at radius 1 is 0.923 bits per heavy atom. The van der Waals surface area contributed by atoms with E-state index in [0.29, 0.717) is 16.8 Å². The summed E-state index contributed by atoms with van der Waals surface area (Å²) in [6.45, 7) is -0.355. The number of rotatable bonds is 4. The zero-order valence-corrected chi connectivity index (χ0v) is 14.3. The SMILES string of the molecule is CN(C)C(=O)COC(=O)c1ccc(N2C(=O)c3ccccc3C2=O)cc1. The number of carbonyl (C=O) groups is 4. The van der Waals surface area contributed by atoms with Crippen LogP contribution in [0, 0.1) is 0 Å². The van der Waals surface area contributed by atoms with E-state index in [1.165, 1.54) is 29.2 Å². The lowest BCUT2D eigenvalue weighted by molar-refractivity contribution is -0.131. The third-order valence-electron chi connectivity index (χ3n) is 3.98. The highest BCUT2D eigenvalue weighted by molar-refractivity contribution is 6.34. The number of nitrogens with zero attached hydrogens (tertiary/aromatic N) is 2. The van der Waals surface area contributed by atoms with Gasteiger partial charge in [0.05, 0.1) is 22.4 Å². The van der Waals surface area contributed by atoms with Crippen molar-refractivity contribution < 1.29 is 23.9 Å². The van der Waals surface area contributed by atoms with E-state index in [1.54, 1.807) is 38.4 Å². The Morgan fingerprint density at radius 3 is 1.96 bits per heavy atom. The van der Waals surface area contributed by atoms with Gasteiger partial charge in [-0.05, 0) is 36.4 Å². The lowest BCUT2D eigenvalue weighted by atomic mass is 10.1. The molecule has 2 aromatic carbocycles. The zero-order valence-electron chi connectivity index (χ0n) is 14.3. The third kappa shape index (κ3) is 3.06. The van der Waals surface area contributed by atoms with Crippen molar-refractivity contribution in [3.8, 4) is 0 Å². The minimum Gasteiger partial charge on any atom is -0.452 e. The number of benzene rings is 2. The summed E-state index contributed by atoms with van der Waals surface area (Å²) in [7, 11) is 3.13. The fraction of sp³-hybridized carbons (Fsp3) is 0.158. The molecule has 1 aliphatic rings. The summed E-state index contributed by atoms with van der Waals surface area (Å²) in [4.78, 5) is 50.7. The number of carbonyl (C=O) groups excluding carboxylic acids is 4. The molecular formula is C19H16N2O5. The highest BCUT2D eigenvalue weighted by Gasteiger charge is 2.36. The van der Waals surface area contributed by atoms with Crippen molar-refractivity contribution in [2.75, 3.05) is 25.6 Å². The lowest BCUT2D eigenvalue weighted by Gasteiger charge is -2.14. The number of likely N-dealkylation sites (N-methyl/N-ethyl adjacent to an activating group) is 1. The molecule has 0 saturated heterocycles. The van der Waals surface area contributed by atoms with Crippen LogP contribution >= 0.6 is 0 Å². The highest BCUT2D eigenvalue weighted by Crippen LogP contribution is 2.28. The number of anilines is 1. The van der Waals surface area contributed by atoms with Crippen LogP contribution in [0.1, 0.15) is 31.1 Å². The minimum atomic E-state index is -0.658. The average molecular weight is 352 g/mol. The summed E-state index contributed by atoms with van der Waals surface area (Å²) in [5, 5.41) is 0. The van der Waals surface area contributed by atoms with Gasteiger partial charge in [-0.25, -0.2) is 9.69 Å². The number of hydrogen-bond acceptors (Lipinski definition) is 5. The van der Waals surface area contributed by atoms with Crippen LogP contribution in [0.25, 0.3) is 0 Å². The largest absolute Gasteiger partial charge is 0.452 e. The molecule has 3 amide bonds. The molecule has 0 spiro atoms. The van der Waals surface area contributed by atoms with Crippen LogP contribution in [0.2, 0.25) is 0 Å². The van der Waals surface area contributed by atoms with E-state index in [-0.39, 0.29) is 18.1 Å². The van der Waals surface area contributed by atoms with E-state index in [2.05, 4.69) is 0 Å². The Morgan fingerprint density at radius 2 is 1.46 bits per heavy atom. The number of imide groups is 1. The summed E-state index contributed by atoms with van der Waals surface area (Å²) >= 11 is 0. The van der Waals surface area contributed by atoms with Gasteiger partial charge < -0.3 is 9.64 Å². The summed E-state index contributed by atoms with van der Waals surface area (Å²) in [6, 6.07) is 12.5. The number of fused-ring (bicyclic) bond motifs is 1. The van der Waals surface area contributed by atoms with Gasteiger partial charge in [0.25, 0.3) is 17.7 Å². The molecule has 1 heterocycles. The molecule has 0 bridgehead atoms. The molecule has 0 atom stereocenters. The Labute approximate surface area is 149 Å². The Balaban J connectivity index is 1.75. The first kappa shape index (κ1) is 17.3. The standard InChI is InChI=1S/C19H16N2O5/c1-20(2)16(22)11-26-19(25)12-7-9-13(10-8-12)21-17(23)14-5-3-4-6-15(14)18(21)24/h3-10H,11H2,1-2H3. The molecule has 0 aromatic heterocycles.